The minimum atomic E-state index is -0.124. The molecule has 1 atom stereocenters. The molecule has 138 valence electrons. The number of benzene rings is 1. The predicted molar refractivity (Wildman–Crippen MR) is 109 cm³/mol. The summed E-state index contributed by atoms with van der Waals surface area (Å²) in [5.74, 6) is 1.77. The second kappa shape index (κ2) is 7.32. The second-order valence-electron chi connectivity index (χ2n) is 6.67. The maximum Gasteiger partial charge on any atom is 0.162 e. The van der Waals surface area contributed by atoms with E-state index in [0.717, 1.165) is 51.9 Å². The number of aliphatic imine (C=N–C) groups is 1. The van der Waals surface area contributed by atoms with E-state index in [2.05, 4.69) is 73.6 Å². The number of hydrogen-bond donors (Lipinski definition) is 0. The van der Waals surface area contributed by atoms with Crippen LogP contribution in [0.25, 0.3) is 5.69 Å². The third-order valence-corrected chi connectivity index (χ3v) is 5.26. The van der Waals surface area contributed by atoms with Gasteiger partial charge < -0.3 is 0 Å². The number of rotatable bonds is 4. The quantitative estimate of drug-likeness (QED) is 0.638. The van der Waals surface area contributed by atoms with Crippen LogP contribution in [-0.4, -0.2) is 44.0 Å². The second-order valence-corrected chi connectivity index (χ2v) is 7.59. The van der Waals surface area contributed by atoms with E-state index in [1.54, 1.807) is 6.20 Å². The minimum absolute atomic E-state index is 0.124. The van der Waals surface area contributed by atoms with Crippen LogP contribution in [0.4, 0.5) is 0 Å². The van der Waals surface area contributed by atoms with Gasteiger partial charge in [-0.1, -0.05) is 28.9 Å². The molecule has 0 N–H and O–H groups in total. The minimum Gasteiger partial charge on any atom is -0.299 e. The lowest BCUT2D eigenvalue weighted by molar-refractivity contribution is 0.333. The van der Waals surface area contributed by atoms with Crippen LogP contribution in [0.1, 0.15) is 42.8 Å². The first-order valence-electron chi connectivity index (χ1n) is 9.00. The van der Waals surface area contributed by atoms with Crippen molar-refractivity contribution < 1.29 is 0 Å². The molecule has 4 rings (SSSR count). The van der Waals surface area contributed by atoms with Gasteiger partial charge in [0, 0.05) is 16.2 Å². The zero-order chi connectivity index (χ0) is 19.0. The Balaban J connectivity index is 1.95. The molecule has 6 nitrogen and oxygen atoms in total. The van der Waals surface area contributed by atoms with Crippen molar-refractivity contribution in [2.75, 3.05) is 13.6 Å². The Kier molecular flexibility index (Phi) is 4.88. The summed E-state index contributed by atoms with van der Waals surface area (Å²) in [6.07, 6.45) is 1.80. The Labute approximate surface area is 167 Å². The molecule has 0 saturated heterocycles. The van der Waals surface area contributed by atoms with Crippen molar-refractivity contribution in [3.63, 3.8) is 0 Å². The lowest BCUT2D eigenvalue weighted by Crippen LogP contribution is -2.20. The maximum atomic E-state index is 4.98. The van der Waals surface area contributed by atoms with Crippen molar-refractivity contribution in [2.24, 2.45) is 4.99 Å². The predicted octanol–water partition coefficient (Wildman–Crippen LogP) is 3.79. The number of aromatic nitrogens is 4. The third-order valence-electron chi connectivity index (χ3n) is 4.76. The molecule has 7 heteroatoms. The SMILES string of the molecule is CCN(C)Cc1nnc2n1-c1ccc(Br)cc1C(c1ccccn1)=NC2C. The van der Waals surface area contributed by atoms with Gasteiger partial charge >= 0.3 is 0 Å². The van der Waals surface area contributed by atoms with Gasteiger partial charge in [-0.3, -0.25) is 19.4 Å². The molecule has 0 fully saturated rings. The molecule has 3 aromatic rings. The first kappa shape index (κ1) is 18.0. The molecule has 1 unspecified atom stereocenters. The lowest BCUT2D eigenvalue weighted by atomic mass is 10.0. The lowest BCUT2D eigenvalue weighted by Gasteiger charge is -2.17. The molecule has 1 aliphatic heterocycles. The standard InChI is InChI=1S/C20H21BrN6/c1-4-26(3)12-18-24-25-20-13(2)23-19(16-7-5-6-10-22-16)15-11-14(21)8-9-17(15)27(18)20/h5-11,13H,4,12H2,1-3H3. The Morgan fingerprint density at radius 1 is 1.19 bits per heavy atom. The van der Waals surface area contributed by atoms with Crippen molar-refractivity contribution in [3.8, 4) is 5.69 Å². The molecule has 2 aromatic heterocycles. The molecule has 0 radical (unpaired) electrons. The largest absolute Gasteiger partial charge is 0.299 e. The Hall–Kier alpha value is -2.38. The monoisotopic (exact) mass is 424 g/mol. The van der Waals surface area contributed by atoms with Crippen LogP contribution in [0.5, 0.6) is 0 Å². The van der Waals surface area contributed by atoms with Gasteiger partial charge in [-0.25, -0.2) is 0 Å². The van der Waals surface area contributed by atoms with Crippen molar-refractivity contribution in [2.45, 2.75) is 26.4 Å². The van der Waals surface area contributed by atoms with Crippen LogP contribution < -0.4 is 0 Å². The average Bonchev–Trinajstić information content (AvgIpc) is 3.04. The van der Waals surface area contributed by atoms with E-state index >= 15 is 0 Å². The van der Waals surface area contributed by atoms with Crippen molar-refractivity contribution in [1.29, 1.82) is 0 Å². The molecule has 0 amide bonds. The summed E-state index contributed by atoms with van der Waals surface area (Å²) in [5.41, 5.74) is 3.79. The van der Waals surface area contributed by atoms with E-state index in [1.165, 1.54) is 0 Å². The van der Waals surface area contributed by atoms with Gasteiger partial charge in [0.15, 0.2) is 11.6 Å². The first-order valence-corrected chi connectivity index (χ1v) is 9.80. The van der Waals surface area contributed by atoms with Gasteiger partial charge in [0.2, 0.25) is 0 Å². The van der Waals surface area contributed by atoms with Crippen molar-refractivity contribution >= 4 is 21.6 Å². The summed E-state index contributed by atoms with van der Waals surface area (Å²) in [7, 11) is 2.08. The molecule has 27 heavy (non-hydrogen) atoms. The Morgan fingerprint density at radius 2 is 2.04 bits per heavy atom. The fraction of sp³-hybridized carbons (Fsp3) is 0.300. The fourth-order valence-electron chi connectivity index (χ4n) is 3.24. The van der Waals surface area contributed by atoms with Crippen LogP contribution in [0.2, 0.25) is 0 Å². The van der Waals surface area contributed by atoms with Crippen LogP contribution in [-0.2, 0) is 6.54 Å². The third kappa shape index (κ3) is 3.33. The van der Waals surface area contributed by atoms with E-state index in [-0.39, 0.29) is 6.04 Å². The van der Waals surface area contributed by atoms with Crippen LogP contribution in [0.3, 0.4) is 0 Å². The Bertz CT molecular complexity index is 995. The molecule has 0 bridgehead atoms. The highest BCUT2D eigenvalue weighted by Gasteiger charge is 2.27. The Morgan fingerprint density at radius 3 is 2.78 bits per heavy atom. The highest BCUT2D eigenvalue weighted by Crippen LogP contribution is 2.32. The molecule has 1 aromatic carbocycles. The fourth-order valence-corrected chi connectivity index (χ4v) is 3.60. The zero-order valence-electron chi connectivity index (χ0n) is 15.6. The zero-order valence-corrected chi connectivity index (χ0v) is 17.2. The van der Waals surface area contributed by atoms with E-state index < -0.39 is 0 Å². The highest BCUT2D eigenvalue weighted by molar-refractivity contribution is 9.10. The molecule has 1 aliphatic rings. The molecule has 0 spiro atoms. The summed E-state index contributed by atoms with van der Waals surface area (Å²) < 4.78 is 3.15. The highest BCUT2D eigenvalue weighted by atomic mass is 79.9. The molecule has 0 aliphatic carbocycles. The normalized spacial score (nSPS) is 15.9. The van der Waals surface area contributed by atoms with Gasteiger partial charge in [0.25, 0.3) is 0 Å². The number of fused-ring (bicyclic) bond motifs is 3. The number of pyridine rings is 1. The van der Waals surface area contributed by atoms with E-state index in [0.29, 0.717) is 0 Å². The van der Waals surface area contributed by atoms with Crippen molar-refractivity contribution in [3.05, 3.63) is 70.0 Å². The van der Waals surface area contributed by atoms with Gasteiger partial charge in [-0.2, -0.15) is 0 Å². The molecular formula is C20H21BrN6. The van der Waals surface area contributed by atoms with Gasteiger partial charge in [-0.05, 0) is 50.8 Å². The molecule has 3 heterocycles. The summed E-state index contributed by atoms with van der Waals surface area (Å²) in [5, 5.41) is 8.95. The smallest absolute Gasteiger partial charge is 0.162 e. The van der Waals surface area contributed by atoms with E-state index in [1.807, 2.05) is 24.3 Å². The topological polar surface area (TPSA) is 59.2 Å². The van der Waals surface area contributed by atoms with Crippen molar-refractivity contribution in [1.82, 2.24) is 24.6 Å². The summed E-state index contributed by atoms with van der Waals surface area (Å²) in [4.78, 5) is 11.7. The van der Waals surface area contributed by atoms with Crippen LogP contribution in [0, 0.1) is 0 Å². The summed E-state index contributed by atoms with van der Waals surface area (Å²) in [6, 6.07) is 12.0. The van der Waals surface area contributed by atoms with Gasteiger partial charge in [-0.15, -0.1) is 10.2 Å². The molecular weight excluding hydrogens is 404 g/mol. The number of hydrogen-bond acceptors (Lipinski definition) is 5. The van der Waals surface area contributed by atoms with Gasteiger partial charge in [0.05, 0.1) is 23.6 Å². The molecule has 0 saturated carbocycles. The van der Waals surface area contributed by atoms with Crippen LogP contribution >= 0.6 is 15.9 Å². The average molecular weight is 425 g/mol. The number of halogens is 1. The summed E-state index contributed by atoms with van der Waals surface area (Å²) in [6.45, 7) is 5.86. The number of nitrogens with zero attached hydrogens (tertiary/aromatic N) is 6. The maximum absolute atomic E-state index is 4.98. The van der Waals surface area contributed by atoms with Crippen LogP contribution in [0.15, 0.2) is 52.1 Å². The van der Waals surface area contributed by atoms with E-state index in [4.69, 9.17) is 4.99 Å². The van der Waals surface area contributed by atoms with Gasteiger partial charge in [0.1, 0.15) is 6.04 Å². The summed E-state index contributed by atoms with van der Waals surface area (Å²) >= 11 is 3.61. The first-order chi connectivity index (χ1) is 13.1. The van der Waals surface area contributed by atoms with E-state index in [9.17, 15) is 0 Å².